The summed E-state index contributed by atoms with van der Waals surface area (Å²) in [5.74, 6) is 0.983. The van der Waals surface area contributed by atoms with Crippen LogP contribution in [0.4, 0.5) is 0 Å². The van der Waals surface area contributed by atoms with Crippen molar-refractivity contribution in [1.82, 2.24) is 14.9 Å². The van der Waals surface area contributed by atoms with E-state index in [1.165, 1.54) is 0 Å². The highest BCUT2D eigenvalue weighted by molar-refractivity contribution is 4.90. The Hall–Kier alpha value is -0.870. The molecule has 15 heavy (non-hydrogen) atoms. The molecule has 1 rings (SSSR count). The van der Waals surface area contributed by atoms with Crippen LogP contribution in [0.3, 0.4) is 0 Å². The first kappa shape index (κ1) is 12.2. The number of imidazole rings is 1. The molecule has 0 aliphatic heterocycles. The molecule has 2 N–H and O–H groups in total. The highest BCUT2D eigenvalue weighted by atomic mass is 16.3. The van der Waals surface area contributed by atoms with Crippen molar-refractivity contribution < 1.29 is 5.11 Å². The van der Waals surface area contributed by atoms with Crippen molar-refractivity contribution in [3.8, 4) is 0 Å². The first-order valence-electron chi connectivity index (χ1n) is 5.26. The van der Waals surface area contributed by atoms with Crippen LogP contribution in [0.15, 0.2) is 12.4 Å². The van der Waals surface area contributed by atoms with Gasteiger partial charge in [0, 0.05) is 26.0 Å². The molecule has 0 amide bonds. The van der Waals surface area contributed by atoms with Gasteiger partial charge in [0.05, 0.1) is 12.6 Å². The number of nitrogens with zero attached hydrogens (tertiary/aromatic N) is 2. The van der Waals surface area contributed by atoms with Crippen molar-refractivity contribution in [3.05, 3.63) is 18.2 Å². The third kappa shape index (κ3) is 3.64. The Kier molecular flexibility index (Phi) is 3.88. The number of aliphatic hydroxyl groups excluding tert-OH is 1. The van der Waals surface area contributed by atoms with Crippen molar-refractivity contribution >= 4 is 0 Å². The van der Waals surface area contributed by atoms with Crippen molar-refractivity contribution in [2.45, 2.75) is 33.4 Å². The SMILES string of the molecule is Cn1ccnc1CNCC(O)C(C)(C)C. The molecule has 4 heteroatoms. The topological polar surface area (TPSA) is 50.1 Å². The smallest absolute Gasteiger partial charge is 0.122 e. The maximum atomic E-state index is 9.79. The van der Waals surface area contributed by atoms with Gasteiger partial charge in [0.2, 0.25) is 0 Å². The van der Waals surface area contributed by atoms with E-state index in [-0.39, 0.29) is 11.5 Å². The Morgan fingerprint density at radius 2 is 2.20 bits per heavy atom. The van der Waals surface area contributed by atoms with E-state index in [9.17, 15) is 5.11 Å². The molecule has 0 bridgehead atoms. The van der Waals surface area contributed by atoms with Gasteiger partial charge in [-0.05, 0) is 5.41 Å². The van der Waals surface area contributed by atoms with Crippen LogP contribution in [-0.4, -0.2) is 27.3 Å². The van der Waals surface area contributed by atoms with E-state index in [0.717, 1.165) is 5.82 Å². The molecular weight excluding hydrogens is 190 g/mol. The van der Waals surface area contributed by atoms with Crippen molar-refractivity contribution in [2.75, 3.05) is 6.54 Å². The minimum absolute atomic E-state index is 0.0748. The van der Waals surface area contributed by atoms with Gasteiger partial charge in [0.1, 0.15) is 5.82 Å². The second kappa shape index (κ2) is 4.77. The summed E-state index contributed by atoms with van der Waals surface area (Å²) in [6, 6.07) is 0. The van der Waals surface area contributed by atoms with Gasteiger partial charge >= 0.3 is 0 Å². The average molecular weight is 211 g/mol. The van der Waals surface area contributed by atoms with Crippen molar-refractivity contribution in [1.29, 1.82) is 0 Å². The number of hydrogen-bond acceptors (Lipinski definition) is 3. The molecule has 4 nitrogen and oxygen atoms in total. The first-order chi connectivity index (χ1) is 6.91. The van der Waals surface area contributed by atoms with Gasteiger partial charge < -0.3 is 15.0 Å². The van der Waals surface area contributed by atoms with E-state index in [0.29, 0.717) is 13.1 Å². The molecule has 1 heterocycles. The van der Waals surface area contributed by atoms with Gasteiger partial charge in [-0.2, -0.15) is 0 Å². The van der Waals surface area contributed by atoms with Gasteiger partial charge in [-0.3, -0.25) is 0 Å². The number of aliphatic hydroxyl groups is 1. The monoisotopic (exact) mass is 211 g/mol. The Morgan fingerprint density at radius 1 is 1.53 bits per heavy atom. The highest BCUT2D eigenvalue weighted by Gasteiger charge is 2.21. The summed E-state index contributed by atoms with van der Waals surface area (Å²) in [5.41, 5.74) is -0.0748. The largest absolute Gasteiger partial charge is 0.391 e. The molecule has 0 aliphatic rings. The van der Waals surface area contributed by atoms with Gasteiger partial charge in [-0.15, -0.1) is 0 Å². The fraction of sp³-hybridized carbons (Fsp3) is 0.727. The summed E-state index contributed by atoms with van der Waals surface area (Å²) in [5, 5.41) is 13.0. The number of nitrogens with one attached hydrogen (secondary N) is 1. The zero-order valence-corrected chi connectivity index (χ0v) is 9.99. The summed E-state index contributed by atoms with van der Waals surface area (Å²) < 4.78 is 1.97. The molecule has 0 radical (unpaired) electrons. The van der Waals surface area contributed by atoms with Crippen LogP contribution in [0.2, 0.25) is 0 Å². The van der Waals surface area contributed by atoms with Crippen LogP contribution >= 0.6 is 0 Å². The van der Waals surface area contributed by atoms with E-state index in [4.69, 9.17) is 0 Å². The lowest BCUT2D eigenvalue weighted by Gasteiger charge is -2.25. The van der Waals surface area contributed by atoms with Crippen LogP contribution in [0.5, 0.6) is 0 Å². The average Bonchev–Trinajstić information content (AvgIpc) is 2.50. The molecule has 1 unspecified atom stereocenters. The van der Waals surface area contributed by atoms with E-state index >= 15 is 0 Å². The lowest BCUT2D eigenvalue weighted by molar-refractivity contribution is 0.0626. The Balaban J connectivity index is 2.31. The zero-order chi connectivity index (χ0) is 11.5. The Morgan fingerprint density at radius 3 is 2.67 bits per heavy atom. The predicted octanol–water partition coefficient (Wildman–Crippen LogP) is 0.917. The van der Waals surface area contributed by atoms with Crippen LogP contribution in [-0.2, 0) is 13.6 Å². The van der Waals surface area contributed by atoms with E-state index < -0.39 is 0 Å². The first-order valence-corrected chi connectivity index (χ1v) is 5.26. The summed E-state index contributed by atoms with van der Waals surface area (Å²) in [6.07, 6.45) is 3.35. The normalized spacial score (nSPS) is 14.2. The molecule has 1 atom stereocenters. The Labute approximate surface area is 91.3 Å². The van der Waals surface area contributed by atoms with E-state index in [1.807, 2.05) is 38.6 Å². The van der Waals surface area contributed by atoms with Gasteiger partial charge in [0.25, 0.3) is 0 Å². The molecule has 0 spiro atoms. The maximum Gasteiger partial charge on any atom is 0.122 e. The van der Waals surface area contributed by atoms with Crippen LogP contribution in [0.25, 0.3) is 0 Å². The second-order valence-corrected chi connectivity index (χ2v) is 4.97. The molecule has 0 saturated carbocycles. The van der Waals surface area contributed by atoms with Gasteiger partial charge in [0.15, 0.2) is 0 Å². The molecule has 86 valence electrons. The van der Waals surface area contributed by atoms with Crippen LogP contribution < -0.4 is 5.32 Å². The maximum absolute atomic E-state index is 9.79. The van der Waals surface area contributed by atoms with E-state index in [1.54, 1.807) is 6.20 Å². The minimum atomic E-state index is -0.335. The fourth-order valence-corrected chi connectivity index (χ4v) is 1.19. The van der Waals surface area contributed by atoms with Crippen molar-refractivity contribution in [2.24, 2.45) is 12.5 Å². The number of aryl methyl sites for hydroxylation is 1. The third-order valence-electron chi connectivity index (χ3n) is 2.54. The number of aromatic nitrogens is 2. The molecule has 0 saturated heterocycles. The van der Waals surface area contributed by atoms with Crippen LogP contribution in [0.1, 0.15) is 26.6 Å². The lowest BCUT2D eigenvalue weighted by atomic mass is 9.89. The predicted molar refractivity (Wildman–Crippen MR) is 60.4 cm³/mol. The van der Waals surface area contributed by atoms with Gasteiger partial charge in [-0.25, -0.2) is 4.98 Å². The van der Waals surface area contributed by atoms with Crippen LogP contribution in [0, 0.1) is 5.41 Å². The Bertz CT molecular complexity index is 301. The van der Waals surface area contributed by atoms with Gasteiger partial charge in [-0.1, -0.05) is 20.8 Å². The second-order valence-electron chi connectivity index (χ2n) is 4.97. The number of rotatable bonds is 4. The van der Waals surface area contributed by atoms with Crippen molar-refractivity contribution in [3.63, 3.8) is 0 Å². The standard InChI is InChI=1S/C11H21N3O/c1-11(2,3)9(15)7-12-8-10-13-5-6-14(10)4/h5-6,9,12,15H,7-8H2,1-4H3. The quantitative estimate of drug-likeness (QED) is 0.778. The number of hydrogen-bond donors (Lipinski definition) is 2. The lowest BCUT2D eigenvalue weighted by Crippen LogP contribution is -2.36. The molecule has 1 aromatic rings. The third-order valence-corrected chi connectivity index (χ3v) is 2.54. The highest BCUT2D eigenvalue weighted by Crippen LogP contribution is 2.18. The molecule has 1 aromatic heterocycles. The minimum Gasteiger partial charge on any atom is -0.391 e. The summed E-state index contributed by atoms with van der Waals surface area (Å²) in [4.78, 5) is 4.19. The summed E-state index contributed by atoms with van der Waals surface area (Å²) in [7, 11) is 1.96. The fourth-order valence-electron chi connectivity index (χ4n) is 1.19. The molecule has 0 fully saturated rings. The van der Waals surface area contributed by atoms with E-state index in [2.05, 4.69) is 10.3 Å². The summed E-state index contributed by atoms with van der Waals surface area (Å²) in [6.45, 7) is 7.37. The zero-order valence-electron chi connectivity index (χ0n) is 9.99. The molecule has 0 aromatic carbocycles. The molecule has 0 aliphatic carbocycles. The summed E-state index contributed by atoms with van der Waals surface area (Å²) >= 11 is 0. The molecular formula is C11H21N3O.